The second kappa shape index (κ2) is 12.3. The number of amides is 2. The van der Waals surface area contributed by atoms with Crippen molar-refractivity contribution in [1.82, 2.24) is 25.2 Å². The summed E-state index contributed by atoms with van der Waals surface area (Å²) in [4.78, 5) is 39.2. The lowest BCUT2D eigenvalue weighted by Gasteiger charge is -2.27. The quantitative estimate of drug-likeness (QED) is 0.303. The van der Waals surface area contributed by atoms with Crippen LogP contribution in [0.4, 0.5) is 11.5 Å². The topological polar surface area (TPSA) is 150 Å². The van der Waals surface area contributed by atoms with E-state index in [1.165, 1.54) is 18.7 Å². The molecular weight excluding hydrogens is 488 g/mol. The number of carbonyl (C=O) groups is 2. The molecule has 2 aromatic heterocycles. The predicted octanol–water partition coefficient (Wildman–Crippen LogP) is 2.61. The van der Waals surface area contributed by atoms with E-state index >= 15 is 0 Å². The number of aromatic nitrogens is 3. The zero-order chi connectivity index (χ0) is 26.2. The SMILES string of the molecule is CC(=O)Nc1ccc(-c2nc(SCc3cccc(CCC(=O)N4CCNCC4)n3)nc(N)c2C#N)cc1. The van der Waals surface area contributed by atoms with Gasteiger partial charge in [0.05, 0.1) is 11.4 Å². The maximum atomic E-state index is 12.5. The number of pyridine rings is 1. The van der Waals surface area contributed by atoms with Gasteiger partial charge in [-0.05, 0) is 30.7 Å². The number of piperazine rings is 1. The maximum Gasteiger partial charge on any atom is 0.223 e. The lowest BCUT2D eigenvalue weighted by atomic mass is 10.1. The Morgan fingerprint density at radius 1 is 1.11 bits per heavy atom. The molecule has 0 aliphatic carbocycles. The van der Waals surface area contributed by atoms with Gasteiger partial charge in [-0.3, -0.25) is 14.6 Å². The van der Waals surface area contributed by atoms with E-state index in [-0.39, 0.29) is 23.2 Å². The number of nitrogens with zero attached hydrogens (tertiary/aromatic N) is 5. The van der Waals surface area contributed by atoms with Gasteiger partial charge in [0, 0.05) is 62.2 Å². The molecule has 4 rings (SSSR count). The van der Waals surface area contributed by atoms with Gasteiger partial charge in [0.25, 0.3) is 0 Å². The first-order valence-corrected chi connectivity index (χ1v) is 12.9. The number of thioether (sulfide) groups is 1. The van der Waals surface area contributed by atoms with Crippen LogP contribution < -0.4 is 16.4 Å². The van der Waals surface area contributed by atoms with Crippen LogP contribution in [-0.4, -0.2) is 57.8 Å². The first-order valence-electron chi connectivity index (χ1n) is 11.9. The second-order valence-corrected chi connectivity index (χ2v) is 9.47. The van der Waals surface area contributed by atoms with Crippen molar-refractivity contribution in [3.63, 3.8) is 0 Å². The van der Waals surface area contributed by atoms with Gasteiger partial charge < -0.3 is 21.3 Å². The van der Waals surface area contributed by atoms with E-state index in [0.717, 1.165) is 37.6 Å². The summed E-state index contributed by atoms with van der Waals surface area (Å²) in [5.41, 5.74) is 9.76. The summed E-state index contributed by atoms with van der Waals surface area (Å²) in [7, 11) is 0. The van der Waals surface area contributed by atoms with Gasteiger partial charge >= 0.3 is 0 Å². The molecule has 0 atom stereocenters. The van der Waals surface area contributed by atoms with Gasteiger partial charge in [0.15, 0.2) is 5.16 Å². The largest absolute Gasteiger partial charge is 0.382 e. The number of benzene rings is 1. The molecule has 3 aromatic rings. The molecule has 1 aromatic carbocycles. The normalized spacial score (nSPS) is 13.1. The highest BCUT2D eigenvalue weighted by Gasteiger charge is 2.17. The first-order chi connectivity index (χ1) is 17.9. The standard InChI is InChI=1S/C26H28N8O2S/c1-17(35)30-20-7-5-18(6-8-20)24-22(15-27)25(28)33-26(32-24)37-16-21-4-2-3-19(31-21)9-10-23(36)34-13-11-29-12-14-34/h2-8,29H,9-14,16H2,1H3,(H,30,35)(H2,28,32,33). The molecule has 11 heteroatoms. The lowest BCUT2D eigenvalue weighted by Crippen LogP contribution is -2.46. The number of aryl methyl sites for hydroxylation is 1. The Bertz CT molecular complexity index is 1320. The van der Waals surface area contributed by atoms with Crippen LogP contribution in [0.15, 0.2) is 47.6 Å². The Labute approximate surface area is 219 Å². The van der Waals surface area contributed by atoms with E-state index in [9.17, 15) is 14.9 Å². The van der Waals surface area contributed by atoms with Crippen LogP contribution in [0.1, 0.15) is 30.3 Å². The highest BCUT2D eigenvalue weighted by atomic mass is 32.2. The number of hydrogen-bond acceptors (Lipinski definition) is 9. The number of nitrogens with two attached hydrogens (primary N) is 1. The minimum atomic E-state index is -0.167. The highest BCUT2D eigenvalue weighted by Crippen LogP contribution is 2.29. The predicted molar refractivity (Wildman–Crippen MR) is 142 cm³/mol. The summed E-state index contributed by atoms with van der Waals surface area (Å²) in [6.07, 6.45) is 1.02. The van der Waals surface area contributed by atoms with Crippen molar-refractivity contribution >= 4 is 35.1 Å². The first kappa shape index (κ1) is 26.1. The van der Waals surface area contributed by atoms with Crippen molar-refractivity contribution in [1.29, 1.82) is 5.26 Å². The molecule has 1 aliphatic heterocycles. The zero-order valence-electron chi connectivity index (χ0n) is 20.5. The zero-order valence-corrected chi connectivity index (χ0v) is 21.3. The number of hydrogen-bond donors (Lipinski definition) is 3. The lowest BCUT2D eigenvalue weighted by molar-refractivity contribution is -0.131. The third-order valence-corrected chi connectivity index (χ3v) is 6.67. The van der Waals surface area contributed by atoms with Crippen molar-refractivity contribution in [2.45, 2.75) is 30.7 Å². The van der Waals surface area contributed by atoms with E-state index in [1.54, 1.807) is 24.3 Å². The molecule has 0 radical (unpaired) electrons. The van der Waals surface area contributed by atoms with Crippen LogP contribution in [-0.2, 0) is 21.8 Å². The second-order valence-electron chi connectivity index (χ2n) is 8.53. The summed E-state index contributed by atoms with van der Waals surface area (Å²) < 4.78 is 0. The van der Waals surface area contributed by atoms with E-state index in [4.69, 9.17) is 10.7 Å². The molecule has 0 bridgehead atoms. The van der Waals surface area contributed by atoms with Crippen LogP contribution in [0.25, 0.3) is 11.3 Å². The molecule has 190 valence electrons. The molecule has 0 spiro atoms. The molecule has 1 aliphatic rings. The van der Waals surface area contributed by atoms with Crippen molar-refractivity contribution in [3.8, 4) is 17.3 Å². The van der Waals surface area contributed by atoms with Gasteiger partial charge in [-0.25, -0.2) is 9.97 Å². The third kappa shape index (κ3) is 7.03. The van der Waals surface area contributed by atoms with E-state index in [1.807, 2.05) is 23.1 Å². The molecule has 3 heterocycles. The van der Waals surface area contributed by atoms with Gasteiger partial charge in [0.1, 0.15) is 17.5 Å². The van der Waals surface area contributed by atoms with Crippen LogP contribution in [0.3, 0.4) is 0 Å². The fourth-order valence-corrected chi connectivity index (χ4v) is 4.71. The number of anilines is 2. The summed E-state index contributed by atoms with van der Waals surface area (Å²) in [6.45, 7) is 4.61. The van der Waals surface area contributed by atoms with E-state index < -0.39 is 0 Å². The molecule has 37 heavy (non-hydrogen) atoms. The molecule has 0 unspecified atom stereocenters. The molecule has 4 N–H and O–H groups in total. The number of nitriles is 1. The Hall–Kier alpha value is -4.01. The number of carbonyl (C=O) groups excluding carboxylic acids is 2. The van der Waals surface area contributed by atoms with Crippen molar-refractivity contribution < 1.29 is 9.59 Å². The fourth-order valence-electron chi connectivity index (χ4n) is 3.95. The molecule has 2 amide bonds. The molecule has 1 fully saturated rings. The van der Waals surface area contributed by atoms with Crippen LogP contribution in [0.2, 0.25) is 0 Å². The fraction of sp³-hybridized carbons (Fsp3) is 0.308. The van der Waals surface area contributed by atoms with Crippen molar-refractivity contribution in [2.24, 2.45) is 0 Å². The molecule has 0 saturated carbocycles. The molecular formula is C26H28N8O2S. The Morgan fingerprint density at radius 3 is 2.54 bits per heavy atom. The smallest absolute Gasteiger partial charge is 0.223 e. The average Bonchev–Trinajstić information content (AvgIpc) is 2.91. The van der Waals surface area contributed by atoms with Crippen LogP contribution >= 0.6 is 11.8 Å². The molecule has 1 saturated heterocycles. The summed E-state index contributed by atoms with van der Waals surface area (Å²) in [5, 5.41) is 16.0. The minimum Gasteiger partial charge on any atom is -0.382 e. The Morgan fingerprint density at radius 2 is 1.84 bits per heavy atom. The Kier molecular flexibility index (Phi) is 8.66. The maximum absolute atomic E-state index is 12.5. The van der Waals surface area contributed by atoms with E-state index in [2.05, 4.69) is 26.7 Å². The van der Waals surface area contributed by atoms with Gasteiger partial charge in [-0.1, -0.05) is 30.0 Å². The summed E-state index contributed by atoms with van der Waals surface area (Å²) in [6, 6.07) is 14.9. The summed E-state index contributed by atoms with van der Waals surface area (Å²) in [5.74, 6) is 0.599. The summed E-state index contributed by atoms with van der Waals surface area (Å²) >= 11 is 1.37. The highest BCUT2D eigenvalue weighted by molar-refractivity contribution is 7.98. The van der Waals surface area contributed by atoms with E-state index in [0.29, 0.717) is 40.7 Å². The van der Waals surface area contributed by atoms with Gasteiger partial charge in [0.2, 0.25) is 11.8 Å². The number of rotatable bonds is 8. The van der Waals surface area contributed by atoms with Gasteiger partial charge in [-0.15, -0.1) is 0 Å². The monoisotopic (exact) mass is 516 g/mol. The number of nitrogen functional groups attached to an aromatic ring is 1. The molecule has 10 nitrogen and oxygen atoms in total. The third-order valence-electron chi connectivity index (χ3n) is 5.79. The minimum absolute atomic E-state index is 0.106. The van der Waals surface area contributed by atoms with Crippen molar-refractivity contribution in [3.05, 3.63) is 59.4 Å². The van der Waals surface area contributed by atoms with Crippen molar-refractivity contribution in [2.75, 3.05) is 37.2 Å². The average molecular weight is 517 g/mol. The number of nitrogens with one attached hydrogen (secondary N) is 2. The van der Waals surface area contributed by atoms with Gasteiger partial charge in [-0.2, -0.15) is 5.26 Å². The van der Waals surface area contributed by atoms with Crippen LogP contribution in [0.5, 0.6) is 0 Å². The Balaban J connectivity index is 1.43. The van der Waals surface area contributed by atoms with Crippen LogP contribution in [0, 0.1) is 11.3 Å².